The normalized spacial score (nSPS) is 14.4. The number of benzene rings is 1. The van der Waals surface area contributed by atoms with E-state index in [0.29, 0.717) is 0 Å². The number of nitrogens with zero attached hydrogens (tertiary/aromatic N) is 1. The molecule has 0 aliphatic carbocycles. The van der Waals surface area contributed by atoms with Crippen LogP contribution in [0.25, 0.3) is 0 Å². The van der Waals surface area contributed by atoms with Crippen molar-refractivity contribution in [3.8, 4) is 0 Å². The van der Waals surface area contributed by atoms with Crippen LogP contribution in [-0.4, -0.2) is 12.8 Å². The van der Waals surface area contributed by atoms with Crippen molar-refractivity contribution >= 4 is 6.21 Å². The summed E-state index contributed by atoms with van der Waals surface area (Å²) in [5.41, 5.74) is 7.10. The van der Waals surface area contributed by atoms with Gasteiger partial charge in [0.25, 0.3) is 0 Å². The minimum Gasteiger partial charge on any atom is -0.292 e. The summed E-state index contributed by atoms with van der Waals surface area (Å²) in [5.74, 6) is 0. The van der Waals surface area contributed by atoms with Crippen molar-refractivity contribution in [3.05, 3.63) is 33.9 Å². The Balaban J connectivity index is 2.69. The van der Waals surface area contributed by atoms with Crippen molar-refractivity contribution in [3.63, 3.8) is 0 Å². The Morgan fingerprint density at radius 3 is 2.69 bits per heavy atom. The van der Waals surface area contributed by atoms with E-state index in [1.54, 1.807) is 0 Å². The Morgan fingerprint density at radius 2 is 1.92 bits per heavy atom. The third-order valence-corrected chi connectivity index (χ3v) is 3.05. The van der Waals surface area contributed by atoms with Crippen molar-refractivity contribution in [2.24, 2.45) is 4.99 Å². The van der Waals surface area contributed by atoms with E-state index in [0.717, 1.165) is 13.0 Å². The fraction of sp³-hybridized carbons (Fsp3) is 0.417. The molecule has 0 atom stereocenters. The molecule has 0 bridgehead atoms. The molecule has 0 saturated carbocycles. The van der Waals surface area contributed by atoms with Gasteiger partial charge in [0.05, 0.1) is 0 Å². The first-order chi connectivity index (χ1) is 6.20. The van der Waals surface area contributed by atoms with Gasteiger partial charge in [-0.15, -0.1) is 0 Å². The largest absolute Gasteiger partial charge is 0.292 e. The van der Waals surface area contributed by atoms with Gasteiger partial charge in [0.1, 0.15) is 0 Å². The maximum Gasteiger partial charge on any atom is 0.0430 e. The van der Waals surface area contributed by atoms with Gasteiger partial charge in [-0.2, -0.15) is 0 Å². The van der Waals surface area contributed by atoms with Crippen LogP contribution in [0.1, 0.15) is 27.8 Å². The Labute approximate surface area is 79.5 Å². The molecule has 0 fully saturated rings. The summed E-state index contributed by atoms with van der Waals surface area (Å²) in [5, 5.41) is 0. The molecule has 13 heavy (non-hydrogen) atoms. The molecule has 68 valence electrons. The molecule has 0 unspecified atom stereocenters. The van der Waals surface area contributed by atoms with E-state index in [9.17, 15) is 0 Å². The molecule has 1 aliphatic heterocycles. The molecular weight excluding hydrogens is 158 g/mol. The van der Waals surface area contributed by atoms with Gasteiger partial charge >= 0.3 is 0 Å². The SMILES string of the molecule is Cc1cc2c(c(C)c1C)CCN=C2. The zero-order valence-electron chi connectivity index (χ0n) is 8.52. The number of rotatable bonds is 0. The average molecular weight is 173 g/mol. The number of aliphatic imine (C=N–C) groups is 1. The Bertz CT molecular complexity index is 375. The fourth-order valence-electron chi connectivity index (χ4n) is 1.95. The van der Waals surface area contributed by atoms with Crippen LogP contribution in [0.3, 0.4) is 0 Å². The van der Waals surface area contributed by atoms with Crippen LogP contribution in [0.15, 0.2) is 11.1 Å². The third-order valence-electron chi connectivity index (χ3n) is 3.05. The van der Waals surface area contributed by atoms with Crippen molar-refractivity contribution in [2.45, 2.75) is 27.2 Å². The van der Waals surface area contributed by atoms with E-state index in [4.69, 9.17) is 0 Å². The smallest absolute Gasteiger partial charge is 0.0430 e. The van der Waals surface area contributed by atoms with E-state index in [1.807, 2.05) is 6.21 Å². The molecule has 1 heteroatoms. The second kappa shape index (κ2) is 2.99. The lowest BCUT2D eigenvalue weighted by atomic mass is 9.91. The summed E-state index contributed by atoms with van der Waals surface area (Å²) in [6.07, 6.45) is 3.12. The van der Waals surface area contributed by atoms with Gasteiger partial charge in [-0.3, -0.25) is 4.99 Å². The maximum atomic E-state index is 4.31. The summed E-state index contributed by atoms with van der Waals surface area (Å²) in [7, 11) is 0. The van der Waals surface area contributed by atoms with Crippen LogP contribution in [0, 0.1) is 20.8 Å². The first-order valence-corrected chi connectivity index (χ1v) is 4.79. The van der Waals surface area contributed by atoms with Crippen molar-refractivity contribution in [2.75, 3.05) is 6.54 Å². The monoisotopic (exact) mass is 173 g/mol. The van der Waals surface area contributed by atoms with E-state index in [1.165, 1.54) is 27.8 Å². The lowest BCUT2D eigenvalue weighted by Crippen LogP contribution is -2.07. The van der Waals surface area contributed by atoms with Gasteiger partial charge in [0.2, 0.25) is 0 Å². The van der Waals surface area contributed by atoms with Gasteiger partial charge in [0.15, 0.2) is 0 Å². The molecule has 0 saturated heterocycles. The summed E-state index contributed by atoms with van der Waals surface area (Å²) in [4.78, 5) is 4.31. The lowest BCUT2D eigenvalue weighted by molar-refractivity contribution is 0.934. The predicted octanol–water partition coefficient (Wildman–Crippen LogP) is 2.59. The summed E-state index contributed by atoms with van der Waals surface area (Å²) < 4.78 is 0. The second-order valence-corrected chi connectivity index (χ2v) is 3.80. The Morgan fingerprint density at radius 1 is 1.15 bits per heavy atom. The standard InChI is InChI=1S/C12H15N/c1-8-6-11-7-13-5-4-12(11)10(3)9(8)2/h6-7H,4-5H2,1-3H3. The molecule has 1 nitrogen and oxygen atoms in total. The molecule has 1 aromatic rings. The van der Waals surface area contributed by atoms with Gasteiger partial charge in [0, 0.05) is 12.8 Å². The Hall–Kier alpha value is -1.11. The van der Waals surface area contributed by atoms with Gasteiger partial charge in [-0.1, -0.05) is 0 Å². The highest BCUT2D eigenvalue weighted by Crippen LogP contribution is 2.23. The van der Waals surface area contributed by atoms with Crippen LogP contribution in [0.5, 0.6) is 0 Å². The van der Waals surface area contributed by atoms with Gasteiger partial charge < -0.3 is 0 Å². The minimum absolute atomic E-state index is 0.955. The second-order valence-electron chi connectivity index (χ2n) is 3.80. The Kier molecular flexibility index (Phi) is 1.95. The van der Waals surface area contributed by atoms with Crippen LogP contribution in [0.2, 0.25) is 0 Å². The number of hydrogen-bond donors (Lipinski definition) is 0. The first kappa shape index (κ1) is 8.49. The zero-order chi connectivity index (χ0) is 9.42. The average Bonchev–Trinajstić information content (AvgIpc) is 2.15. The molecule has 0 aromatic heterocycles. The number of aryl methyl sites for hydroxylation is 1. The molecule has 1 aromatic carbocycles. The van der Waals surface area contributed by atoms with Gasteiger partial charge in [-0.05, 0) is 61.1 Å². The van der Waals surface area contributed by atoms with Crippen LogP contribution in [0.4, 0.5) is 0 Å². The lowest BCUT2D eigenvalue weighted by Gasteiger charge is -2.16. The maximum absolute atomic E-state index is 4.31. The molecule has 0 N–H and O–H groups in total. The molecule has 0 spiro atoms. The number of hydrogen-bond acceptors (Lipinski definition) is 1. The van der Waals surface area contributed by atoms with E-state index < -0.39 is 0 Å². The van der Waals surface area contributed by atoms with Crippen LogP contribution in [-0.2, 0) is 6.42 Å². The third kappa shape index (κ3) is 1.28. The molecule has 1 heterocycles. The van der Waals surface area contributed by atoms with Crippen molar-refractivity contribution in [1.29, 1.82) is 0 Å². The topological polar surface area (TPSA) is 12.4 Å². The molecule has 1 aliphatic rings. The van der Waals surface area contributed by atoms with Crippen molar-refractivity contribution in [1.82, 2.24) is 0 Å². The van der Waals surface area contributed by atoms with Crippen LogP contribution >= 0.6 is 0 Å². The molecular formula is C12H15N. The molecule has 0 radical (unpaired) electrons. The molecule has 2 rings (SSSR count). The number of fused-ring (bicyclic) bond motifs is 1. The van der Waals surface area contributed by atoms with E-state index in [-0.39, 0.29) is 0 Å². The molecule has 0 amide bonds. The van der Waals surface area contributed by atoms with E-state index in [2.05, 4.69) is 31.8 Å². The van der Waals surface area contributed by atoms with Crippen LogP contribution < -0.4 is 0 Å². The summed E-state index contributed by atoms with van der Waals surface area (Å²) in [6.45, 7) is 7.55. The van der Waals surface area contributed by atoms with Crippen molar-refractivity contribution < 1.29 is 0 Å². The summed E-state index contributed by atoms with van der Waals surface area (Å²) >= 11 is 0. The predicted molar refractivity (Wildman–Crippen MR) is 56.8 cm³/mol. The highest BCUT2D eigenvalue weighted by Gasteiger charge is 2.11. The highest BCUT2D eigenvalue weighted by atomic mass is 14.7. The first-order valence-electron chi connectivity index (χ1n) is 4.79. The zero-order valence-corrected chi connectivity index (χ0v) is 8.52. The quantitative estimate of drug-likeness (QED) is 0.572. The fourth-order valence-corrected chi connectivity index (χ4v) is 1.95. The highest BCUT2D eigenvalue weighted by molar-refractivity contribution is 5.84. The summed E-state index contributed by atoms with van der Waals surface area (Å²) in [6, 6.07) is 2.25. The van der Waals surface area contributed by atoms with Gasteiger partial charge in [-0.25, -0.2) is 0 Å². The minimum atomic E-state index is 0.955. The van der Waals surface area contributed by atoms with E-state index >= 15 is 0 Å².